The highest BCUT2D eigenvalue weighted by molar-refractivity contribution is 5.78. The Labute approximate surface area is 583 Å². The van der Waals surface area contributed by atoms with Crippen LogP contribution in [0.2, 0.25) is 0 Å². The van der Waals surface area contributed by atoms with Crippen LogP contribution in [-0.2, 0) is 64.3 Å². The highest BCUT2D eigenvalue weighted by atomic mass is 16.5. The fraction of sp³-hybridized carbons (Fsp3) is 0.350. The average Bonchev–Trinajstić information content (AvgIpc) is 0.729. The molecule has 20 nitrogen and oxygen atoms in total. The van der Waals surface area contributed by atoms with E-state index in [0.717, 1.165) is 22.3 Å². The van der Waals surface area contributed by atoms with Gasteiger partial charge in [-0.05, 0) is 130 Å². The quantitative estimate of drug-likeness (QED) is 0.0198. The number of carbonyl (C=O) groups is 4. The zero-order valence-corrected chi connectivity index (χ0v) is 58.7. The van der Waals surface area contributed by atoms with Gasteiger partial charge in [0.1, 0.15) is 70.2 Å². The molecule has 0 fully saturated rings. The molecule has 20 heteroatoms. The van der Waals surface area contributed by atoms with Gasteiger partial charge in [0, 0.05) is 94.4 Å². The molecular formula is C80H92N4O16. The summed E-state index contributed by atoms with van der Waals surface area (Å²) in [6.45, 7) is 19.1. The minimum Gasteiger partial charge on any atom is -0.507 e. The van der Waals surface area contributed by atoms with E-state index in [2.05, 4.69) is 21.3 Å². The minimum absolute atomic E-state index is 0.0547. The van der Waals surface area contributed by atoms with E-state index in [9.17, 15) is 60.0 Å². The average molecular weight is 1370 g/mol. The summed E-state index contributed by atoms with van der Waals surface area (Å²) in [5.41, 5.74) is 5.08. The standard InChI is InChI=1S/C80H92N4O16/c1-13-97-77(93)45(9)81-37-61-69(85)53-33-54(70(61)86)66(50-27-19-42(6)20-28-50)56-35-58(74(90)63(72(56)88)39-83-47(11)79(95)99-15-3)68(52-31-23-44(8)24-32-52)60-36-59(75(91)64(76(60)92)40-84-48(12)80(96)100-16-4)67(51-29-21-43(7)22-30-51)57-34-55(65(53)49-25-17-41(5)18-26-49)71(87)62(73(57)89)38-82-46(10)78(94)98-14-2/h17-36,45-48,65-68,81-92H,13-16,37-40H2,1-12H3. The summed E-state index contributed by atoms with van der Waals surface area (Å²) in [5, 5.41) is 121. The molecule has 12 N–H and O–H groups in total. The van der Waals surface area contributed by atoms with Crippen LogP contribution in [0.1, 0.15) is 190 Å². The van der Waals surface area contributed by atoms with Gasteiger partial charge < -0.3 is 81.1 Å². The molecule has 1 aliphatic rings. The van der Waals surface area contributed by atoms with E-state index in [1.54, 1.807) is 128 Å². The number of benzene rings is 8. The Morgan fingerprint density at radius 3 is 0.590 bits per heavy atom. The van der Waals surface area contributed by atoms with Crippen molar-refractivity contribution in [3.8, 4) is 46.0 Å². The number of fused-ring (bicyclic) bond motifs is 8. The van der Waals surface area contributed by atoms with Crippen LogP contribution in [0.4, 0.5) is 0 Å². The first-order valence-corrected chi connectivity index (χ1v) is 33.9. The Kier molecular flexibility index (Phi) is 23.9. The molecule has 0 saturated heterocycles. The Morgan fingerprint density at radius 2 is 0.450 bits per heavy atom. The van der Waals surface area contributed by atoms with Gasteiger partial charge >= 0.3 is 23.9 Å². The Hall–Kier alpha value is -10.1. The maximum Gasteiger partial charge on any atom is 0.322 e. The second kappa shape index (κ2) is 32.3. The number of aryl methyl sites for hydroxylation is 4. The van der Waals surface area contributed by atoms with Crippen molar-refractivity contribution in [2.24, 2.45) is 0 Å². The van der Waals surface area contributed by atoms with Gasteiger partial charge in [-0.2, -0.15) is 0 Å². The van der Waals surface area contributed by atoms with Crippen LogP contribution in [0.5, 0.6) is 46.0 Å². The predicted molar refractivity (Wildman–Crippen MR) is 379 cm³/mol. The number of nitrogens with one attached hydrogen (secondary N) is 4. The molecule has 9 rings (SSSR count). The normalized spacial score (nSPS) is 16.2. The van der Waals surface area contributed by atoms with Crippen molar-refractivity contribution in [1.82, 2.24) is 21.3 Å². The molecule has 4 atom stereocenters. The molecule has 0 radical (unpaired) electrons. The number of hydrogen-bond acceptors (Lipinski definition) is 20. The predicted octanol–water partition coefficient (Wildman–Crippen LogP) is 11.8. The first kappa shape index (κ1) is 74.1. The number of rotatable bonds is 24. The molecule has 0 heterocycles. The number of ether oxygens (including phenoxy) is 4. The number of hydrogen-bond donors (Lipinski definition) is 12. The number of phenolic OH excluding ortho intramolecular Hbond substituents is 8. The van der Waals surface area contributed by atoms with E-state index in [1.165, 1.54) is 0 Å². The summed E-state index contributed by atoms with van der Waals surface area (Å²) in [4.78, 5) is 53.8. The lowest BCUT2D eigenvalue weighted by molar-refractivity contribution is -0.146. The summed E-state index contributed by atoms with van der Waals surface area (Å²) < 4.78 is 21.6. The molecule has 0 spiro atoms. The Bertz CT molecular complexity index is 3630. The summed E-state index contributed by atoms with van der Waals surface area (Å²) in [6, 6.07) is 31.5. The fourth-order valence-electron chi connectivity index (χ4n) is 13.1. The van der Waals surface area contributed by atoms with Gasteiger partial charge in [0.2, 0.25) is 0 Å². The van der Waals surface area contributed by atoms with Crippen LogP contribution < -0.4 is 21.3 Å². The zero-order valence-electron chi connectivity index (χ0n) is 58.7. The number of aromatic hydroxyl groups is 8. The first-order chi connectivity index (χ1) is 47.7. The van der Waals surface area contributed by atoms with Crippen LogP contribution >= 0.6 is 0 Å². The van der Waals surface area contributed by atoms with Crippen molar-refractivity contribution in [3.05, 3.63) is 233 Å². The van der Waals surface area contributed by atoms with Crippen LogP contribution in [0, 0.1) is 27.7 Å². The van der Waals surface area contributed by atoms with E-state index in [0.29, 0.717) is 22.3 Å². The number of esters is 4. The molecule has 0 aromatic heterocycles. The van der Waals surface area contributed by atoms with Gasteiger partial charge in [0.25, 0.3) is 0 Å². The van der Waals surface area contributed by atoms with Crippen LogP contribution in [0.25, 0.3) is 0 Å². The van der Waals surface area contributed by atoms with Gasteiger partial charge in [-0.1, -0.05) is 119 Å². The third kappa shape index (κ3) is 15.6. The highest BCUT2D eigenvalue weighted by Gasteiger charge is 2.40. The molecule has 0 saturated carbocycles. The second-order valence-electron chi connectivity index (χ2n) is 25.7. The summed E-state index contributed by atoms with van der Waals surface area (Å²) in [5.74, 6) is -11.7. The molecule has 8 aromatic rings. The molecule has 100 heavy (non-hydrogen) atoms. The van der Waals surface area contributed by atoms with E-state index in [4.69, 9.17) is 18.9 Å². The topological polar surface area (TPSA) is 315 Å². The largest absolute Gasteiger partial charge is 0.507 e. The van der Waals surface area contributed by atoms with Crippen molar-refractivity contribution in [3.63, 3.8) is 0 Å². The van der Waals surface area contributed by atoms with E-state index in [1.807, 2.05) is 76.2 Å². The van der Waals surface area contributed by atoms with Gasteiger partial charge in [-0.25, -0.2) is 0 Å². The van der Waals surface area contributed by atoms with Crippen molar-refractivity contribution < 1.29 is 79.0 Å². The van der Waals surface area contributed by atoms with Gasteiger partial charge in [-0.15, -0.1) is 0 Å². The third-order valence-electron chi connectivity index (χ3n) is 18.7. The second-order valence-corrected chi connectivity index (χ2v) is 25.7. The molecule has 8 bridgehead atoms. The van der Waals surface area contributed by atoms with Gasteiger partial charge in [-0.3, -0.25) is 19.2 Å². The lowest BCUT2D eigenvalue weighted by Gasteiger charge is -2.32. The highest BCUT2D eigenvalue weighted by Crippen LogP contribution is 2.57. The Morgan fingerprint density at radius 1 is 0.300 bits per heavy atom. The lowest BCUT2D eigenvalue weighted by Crippen LogP contribution is -2.35. The molecule has 1 aliphatic carbocycles. The molecule has 528 valence electrons. The molecule has 4 unspecified atom stereocenters. The maximum absolute atomic E-state index is 13.5. The minimum atomic E-state index is -1.31. The number of phenols is 8. The van der Waals surface area contributed by atoms with Crippen molar-refractivity contribution >= 4 is 23.9 Å². The summed E-state index contributed by atoms with van der Waals surface area (Å²) >= 11 is 0. The maximum atomic E-state index is 13.5. The van der Waals surface area contributed by atoms with E-state index in [-0.39, 0.29) is 93.2 Å². The molecule has 8 aromatic carbocycles. The van der Waals surface area contributed by atoms with Crippen molar-refractivity contribution in [2.45, 2.75) is 157 Å². The number of carbonyl (C=O) groups excluding carboxylic acids is 4. The monoisotopic (exact) mass is 1360 g/mol. The van der Waals surface area contributed by atoms with Crippen LogP contribution in [0.3, 0.4) is 0 Å². The van der Waals surface area contributed by atoms with Gasteiger partial charge in [0.15, 0.2) is 0 Å². The SMILES string of the molecule is CCOC(=O)C(C)NCc1c(O)c2cc(c1O)C(c1ccc(C)cc1)c1cc(c(O)c(CNC(C)C(=O)OCC)c1O)C(c1ccc(C)cc1)c1cc(c(O)c(CNC(C)C(=O)OCC)c1O)C(c1ccc(C)cc1)c1cc(c(O)c(CNC(C)C(=O)OCC)c1O)C2c1ccc(C)cc1. The summed E-state index contributed by atoms with van der Waals surface area (Å²) in [6.07, 6.45) is 0. The Balaban J connectivity index is 1.57. The lowest BCUT2D eigenvalue weighted by atomic mass is 9.73. The summed E-state index contributed by atoms with van der Waals surface area (Å²) in [7, 11) is 0. The van der Waals surface area contributed by atoms with E-state index < -0.39 is 144 Å². The molecular weight excluding hydrogens is 1270 g/mol. The smallest absolute Gasteiger partial charge is 0.322 e. The van der Waals surface area contributed by atoms with E-state index >= 15 is 0 Å². The fourth-order valence-corrected chi connectivity index (χ4v) is 13.1. The zero-order chi connectivity index (χ0) is 72.5. The first-order valence-electron chi connectivity index (χ1n) is 33.9. The molecule has 0 amide bonds. The van der Waals surface area contributed by atoms with Crippen molar-refractivity contribution in [1.29, 1.82) is 0 Å². The third-order valence-corrected chi connectivity index (χ3v) is 18.7. The van der Waals surface area contributed by atoms with Crippen LogP contribution in [0.15, 0.2) is 121 Å². The van der Waals surface area contributed by atoms with Crippen LogP contribution in [-0.4, -0.2) is 115 Å². The van der Waals surface area contributed by atoms with Gasteiger partial charge in [0.05, 0.1) is 48.7 Å². The molecule has 0 aliphatic heterocycles. The van der Waals surface area contributed by atoms with Crippen molar-refractivity contribution in [2.75, 3.05) is 26.4 Å².